The van der Waals surface area contributed by atoms with Crippen LogP contribution in [0.15, 0.2) is 33.5 Å². The van der Waals surface area contributed by atoms with Crippen molar-refractivity contribution in [3.05, 3.63) is 40.2 Å². The summed E-state index contributed by atoms with van der Waals surface area (Å²) < 4.78 is 9.99. The molecule has 1 N–H and O–H groups in total. The Kier molecular flexibility index (Phi) is 2.82. The van der Waals surface area contributed by atoms with Gasteiger partial charge in [0.2, 0.25) is 11.8 Å². The van der Waals surface area contributed by atoms with E-state index in [2.05, 4.69) is 4.98 Å². The first-order valence-electron chi connectivity index (χ1n) is 4.97. The van der Waals surface area contributed by atoms with Gasteiger partial charge in [-0.1, -0.05) is 0 Å². The van der Waals surface area contributed by atoms with Gasteiger partial charge < -0.3 is 14.3 Å². The van der Waals surface area contributed by atoms with Crippen molar-refractivity contribution in [2.24, 2.45) is 0 Å². The first-order chi connectivity index (χ1) is 8.11. The average molecular weight is 233 g/mol. The van der Waals surface area contributed by atoms with Gasteiger partial charge >= 0.3 is 5.63 Å². The third-order valence-corrected chi connectivity index (χ3v) is 2.38. The van der Waals surface area contributed by atoms with Gasteiger partial charge in [0.15, 0.2) is 0 Å². The molecule has 1 aromatic carbocycles. The molecule has 2 aromatic rings. The summed E-state index contributed by atoms with van der Waals surface area (Å²) in [6, 6.07) is 6.82. The molecule has 1 heterocycles. The number of aromatic nitrogens is 1. The SMILES string of the molecule is COc1ccc(-c2nc(O)c(C)c(=O)o2)cc1. The van der Waals surface area contributed by atoms with E-state index in [0.717, 1.165) is 0 Å². The maximum atomic E-state index is 11.4. The molecule has 0 fully saturated rings. The van der Waals surface area contributed by atoms with Gasteiger partial charge in [0.05, 0.1) is 12.7 Å². The van der Waals surface area contributed by atoms with Gasteiger partial charge in [0, 0.05) is 5.56 Å². The lowest BCUT2D eigenvalue weighted by Crippen LogP contribution is -2.05. The number of benzene rings is 1. The highest BCUT2D eigenvalue weighted by Gasteiger charge is 2.10. The van der Waals surface area contributed by atoms with E-state index in [0.29, 0.717) is 11.3 Å². The average Bonchev–Trinajstić information content (AvgIpc) is 2.35. The van der Waals surface area contributed by atoms with Gasteiger partial charge in [0.25, 0.3) is 0 Å². The summed E-state index contributed by atoms with van der Waals surface area (Å²) in [4.78, 5) is 15.2. The molecule has 0 bridgehead atoms. The lowest BCUT2D eigenvalue weighted by molar-refractivity contribution is 0.412. The predicted molar refractivity (Wildman–Crippen MR) is 61.2 cm³/mol. The van der Waals surface area contributed by atoms with Gasteiger partial charge in [-0.2, -0.15) is 4.98 Å². The zero-order valence-corrected chi connectivity index (χ0v) is 9.43. The van der Waals surface area contributed by atoms with E-state index in [1.807, 2.05) is 0 Å². The van der Waals surface area contributed by atoms with Crippen LogP contribution >= 0.6 is 0 Å². The van der Waals surface area contributed by atoms with Gasteiger partial charge in [-0.05, 0) is 31.2 Å². The first-order valence-corrected chi connectivity index (χ1v) is 4.97. The van der Waals surface area contributed by atoms with Crippen molar-refractivity contribution in [1.29, 1.82) is 0 Å². The topological polar surface area (TPSA) is 72.6 Å². The van der Waals surface area contributed by atoms with Crippen LogP contribution in [-0.2, 0) is 0 Å². The van der Waals surface area contributed by atoms with Crippen LogP contribution in [0.3, 0.4) is 0 Å². The third-order valence-electron chi connectivity index (χ3n) is 2.38. The Morgan fingerprint density at radius 2 is 1.94 bits per heavy atom. The van der Waals surface area contributed by atoms with Crippen LogP contribution in [0.2, 0.25) is 0 Å². The van der Waals surface area contributed by atoms with E-state index >= 15 is 0 Å². The summed E-state index contributed by atoms with van der Waals surface area (Å²) in [6.45, 7) is 1.45. The molecule has 0 atom stereocenters. The monoisotopic (exact) mass is 233 g/mol. The fourth-order valence-corrected chi connectivity index (χ4v) is 1.32. The summed E-state index contributed by atoms with van der Waals surface area (Å²) in [5.41, 5.74) is 0.101. The van der Waals surface area contributed by atoms with Crippen LogP contribution in [0.4, 0.5) is 0 Å². The zero-order chi connectivity index (χ0) is 12.4. The van der Waals surface area contributed by atoms with Crippen LogP contribution in [0.5, 0.6) is 11.6 Å². The smallest absolute Gasteiger partial charge is 0.345 e. The normalized spacial score (nSPS) is 10.2. The maximum absolute atomic E-state index is 11.4. The minimum absolute atomic E-state index is 0.0840. The molecular weight excluding hydrogens is 222 g/mol. The van der Waals surface area contributed by atoms with Crippen LogP contribution in [0, 0.1) is 6.92 Å². The fourth-order valence-electron chi connectivity index (χ4n) is 1.32. The Bertz CT molecular complexity index is 586. The number of rotatable bonds is 2. The van der Waals surface area contributed by atoms with E-state index in [9.17, 15) is 9.90 Å². The summed E-state index contributed by atoms with van der Waals surface area (Å²) in [6.07, 6.45) is 0. The van der Waals surface area contributed by atoms with E-state index < -0.39 is 5.63 Å². The molecule has 0 saturated heterocycles. The van der Waals surface area contributed by atoms with Gasteiger partial charge in [-0.15, -0.1) is 0 Å². The van der Waals surface area contributed by atoms with Crippen LogP contribution < -0.4 is 10.4 Å². The highest BCUT2D eigenvalue weighted by atomic mass is 16.5. The molecule has 0 saturated carbocycles. The molecule has 0 radical (unpaired) electrons. The van der Waals surface area contributed by atoms with E-state index in [1.54, 1.807) is 31.4 Å². The molecule has 0 aliphatic rings. The Morgan fingerprint density at radius 1 is 1.29 bits per heavy atom. The lowest BCUT2D eigenvalue weighted by Gasteiger charge is -2.03. The van der Waals surface area contributed by atoms with Gasteiger partial charge in [-0.25, -0.2) is 4.79 Å². The highest BCUT2D eigenvalue weighted by molar-refractivity contribution is 5.55. The number of hydrogen-bond donors (Lipinski definition) is 1. The predicted octanol–water partition coefficient (Wildman–Crippen LogP) is 1.72. The molecule has 0 spiro atoms. The minimum Gasteiger partial charge on any atom is -0.497 e. The number of nitrogens with zero attached hydrogens (tertiary/aromatic N) is 1. The number of aromatic hydroxyl groups is 1. The molecule has 17 heavy (non-hydrogen) atoms. The summed E-state index contributed by atoms with van der Waals surface area (Å²) in [7, 11) is 1.56. The van der Waals surface area contributed by atoms with E-state index in [-0.39, 0.29) is 17.3 Å². The van der Waals surface area contributed by atoms with E-state index in [4.69, 9.17) is 9.15 Å². The molecule has 88 valence electrons. The Morgan fingerprint density at radius 3 is 2.47 bits per heavy atom. The minimum atomic E-state index is -0.594. The number of ether oxygens (including phenoxy) is 1. The van der Waals surface area contributed by atoms with Crippen molar-refractivity contribution >= 4 is 0 Å². The molecule has 5 nitrogen and oxygen atoms in total. The molecule has 0 aliphatic heterocycles. The Labute approximate surface area is 97.3 Å². The van der Waals surface area contributed by atoms with Gasteiger partial charge in [-0.3, -0.25) is 0 Å². The number of methoxy groups -OCH3 is 1. The van der Waals surface area contributed by atoms with Crippen molar-refractivity contribution in [2.75, 3.05) is 7.11 Å². The molecule has 2 rings (SSSR count). The second-order valence-corrected chi connectivity index (χ2v) is 3.48. The molecule has 0 amide bonds. The molecular formula is C12H11NO4. The van der Waals surface area contributed by atoms with Crippen molar-refractivity contribution in [2.45, 2.75) is 6.92 Å². The van der Waals surface area contributed by atoms with Crippen LogP contribution in [-0.4, -0.2) is 17.2 Å². The highest BCUT2D eigenvalue weighted by Crippen LogP contribution is 2.21. The fraction of sp³-hybridized carbons (Fsp3) is 0.167. The third kappa shape index (κ3) is 2.13. The number of hydrogen-bond acceptors (Lipinski definition) is 5. The first kappa shape index (κ1) is 11.2. The molecule has 5 heteroatoms. The molecule has 1 aromatic heterocycles. The second kappa shape index (κ2) is 4.29. The lowest BCUT2D eigenvalue weighted by atomic mass is 10.2. The quantitative estimate of drug-likeness (QED) is 0.855. The van der Waals surface area contributed by atoms with E-state index in [1.165, 1.54) is 6.92 Å². The Hall–Kier alpha value is -2.30. The summed E-state index contributed by atoms with van der Waals surface area (Å²) in [5.74, 6) is 0.459. The molecule has 0 unspecified atom stereocenters. The van der Waals surface area contributed by atoms with Crippen molar-refractivity contribution in [3.8, 4) is 23.1 Å². The standard InChI is InChI=1S/C12H11NO4/c1-7-10(14)13-11(17-12(7)15)8-3-5-9(16-2)6-4-8/h3-6,14H,1-2H3. The van der Waals surface area contributed by atoms with Crippen LogP contribution in [0.1, 0.15) is 5.56 Å². The van der Waals surface area contributed by atoms with Gasteiger partial charge in [0.1, 0.15) is 5.75 Å². The van der Waals surface area contributed by atoms with Crippen molar-refractivity contribution < 1.29 is 14.3 Å². The Balaban J connectivity index is 2.49. The molecule has 0 aliphatic carbocycles. The largest absolute Gasteiger partial charge is 0.497 e. The second-order valence-electron chi connectivity index (χ2n) is 3.48. The summed E-state index contributed by atoms with van der Waals surface area (Å²) >= 11 is 0. The maximum Gasteiger partial charge on any atom is 0.345 e. The van der Waals surface area contributed by atoms with Crippen molar-refractivity contribution in [3.63, 3.8) is 0 Å². The summed E-state index contributed by atoms with van der Waals surface area (Å²) in [5, 5.41) is 9.45. The van der Waals surface area contributed by atoms with Crippen molar-refractivity contribution in [1.82, 2.24) is 4.98 Å². The zero-order valence-electron chi connectivity index (χ0n) is 9.43. The van der Waals surface area contributed by atoms with Crippen LogP contribution in [0.25, 0.3) is 11.5 Å².